The first-order valence-corrected chi connectivity index (χ1v) is 12.3. The number of hydrogen-bond acceptors (Lipinski definition) is 2. The van der Waals surface area contributed by atoms with Crippen molar-refractivity contribution in [3.63, 3.8) is 0 Å². The number of hydrogen-bond donors (Lipinski definition) is 1. The number of amides is 2. The number of rotatable bonds is 11. The summed E-state index contributed by atoms with van der Waals surface area (Å²) in [5.74, 6) is -0.180. The summed E-state index contributed by atoms with van der Waals surface area (Å²) in [5.41, 5.74) is 4.09. The van der Waals surface area contributed by atoms with Crippen molar-refractivity contribution in [1.82, 2.24) is 10.2 Å². The minimum atomic E-state index is -0.604. The van der Waals surface area contributed by atoms with Gasteiger partial charge in [0.1, 0.15) is 6.04 Å². The monoisotopic (exact) mass is 476 g/mol. The molecule has 1 N–H and O–H groups in total. The molecule has 2 amide bonds. The normalized spacial score (nSPS) is 11.6. The Labute approximate surface area is 207 Å². The third-order valence-corrected chi connectivity index (χ3v) is 6.36. The van der Waals surface area contributed by atoms with Gasteiger partial charge in [0.2, 0.25) is 11.8 Å². The van der Waals surface area contributed by atoms with E-state index in [1.165, 1.54) is 0 Å². The van der Waals surface area contributed by atoms with Crippen LogP contribution in [0.5, 0.6) is 0 Å². The molecule has 1 atom stereocenters. The second-order valence-electron chi connectivity index (χ2n) is 8.54. The van der Waals surface area contributed by atoms with Crippen molar-refractivity contribution in [1.29, 1.82) is 0 Å². The van der Waals surface area contributed by atoms with Gasteiger partial charge in [0.15, 0.2) is 0 Å². The molecule has 0 saturated heterocycles. The van der Waals surface area contributed by atoms with E-state index < -0.39 is 6.04 Å². The standard InChI is InChI=1S/C29H33ClN2O2/c1-3-19-31-29(34)27(20-23-12-5-4-6-13-23)32(21-25-15-8-7-11-22(25)2)28(33)18-17-24-14-9-10-16-26(24)30/h4-16,27H,3,17-21H2,1-2H3,(H,31,34)/t27-/m1/s1. The van der Waals surface area contributed by atoms with Gasteiger partial charge in [-0.15, -0.1) is 0 Å². The largest absolute Gasteiger partial charge is 0.354 e. The average Bonchev–Trinajstić information content (AvgIpc) is 2.85. The Morgan fingerprint density at radius 1 is 0.912 bits per heavy atom. The number of halogens is 1. The Balaban J connectivity index is 1.91. The molecule has 0 aliphatic carbocycles. The molecule has 5 heteroatoms. The maximum absolute atomic E-state index is 13.7. The molecule has 3 aromatic carbocycles. The lowest BCUT2D eigenvalue weighted by Crippen LogP contribution is -2.50. The molecule has 3 aromatic rings. The number of nitrogens with one attached hydrogen (secondary N) is 1. The summed E-state index contributed by atoms with van der Waals surface area (Å²) in [6.45, 7) is 5.01. The summed E-state index contributed by atoms with van der Waals surface area (Å²) < 4.78 is 0. The van der Waals surface area contributed by atoms with E-state index in [9.17, 15) is 9.59 Å². The first-order valence-electron chi connectivity index (χ1n) is 11.9. The Bertz CT molecular complexity index is 1080. The molecule has 0 aromatic heterocycles. The van der Waals surface area contributed by atoms with Crippen LogP contribution >= 0.6 is 11.6 Å². The number of nitrogens with zero attached hydrogens (tertiary/aromatic N) is 1. The van der Waals surface area contributed by atoms with Gasteiger partial charge in [-0.05, 0) is 48.1 Å². The van der Waals surface area contributed by atoms with E-state index in [1.807, 2.05) is 92.7 Å². The van der Waals surface area contributed by atoms with Crippen molar-refractivity contribution in [3.8, 4) is 0 Å². The van der Waals surface area contributed by atoms with Crippen LogP contribution in [0.1, 0.15) is 42.0 Å². The van der Waals surface area contributed by atoms with Crippen LogP contribution in [0.2, 0.25) is 5.02 Å². The quantitative estimate of drug-likeness (QED) is 0.383. The lowest BCUT2D eigenvalue weighted by molar-refractivity contribution is -0.141. The first kappa shape index (κ1) is 25.5. The Morgan fingerprint density at radius 3 is 2.24 bits per heavy atom. The van der Waals surface area contributed by atoms with Crippen LogP contribution in [0, 0.1) is 6.92 Å². The third kappa shape index (κ3) is 7.19. The fourth-order valence-electron chi connectivity index (χ4n) is 3.98. The van der Waals surface area contributed by atoms with Gasteiger partial charge in [0.05, 0.1) is 0 Å². The van der Waals surface area contributed by atoms with Gasteiger partial charge in [-0.25, -0.2) is 0 Å². The van der Waals surface area contributed by atoms with E-state index in [2.05, 4.69) is 5.32 Å². The highest BCUT2D eigenvalue weighted by molar-refractivity contribution is 6.31. The third-order valence-electron chi connectivity index (χ3n) is 5.99. The zero-order chi connectivity index (χ0) is 24.3. The van der Waals surface area contributed by atoms with E-state index in [0.29, 0.717) is 31.0 Å². The molecular formula is C29H33ClN2O2. The van der Waals surface area contributed by atoms with Crippen molar-refractivity contribution in [2.24, 2.45) is 0 Å². The zero-order valence-electron chi connectivity index (χ0n) is 20.0. The maximum Gasteiger partial charge on any atom is 0.243 e. The van der Waals surface area contributed by atoms with Crippen molar-refractivity contribution in [2.45, 2.75) is 52.1 Å². The van der Waals surface area contributed by atoms with Gasteiger partial charge >= 0.3 is 0 Å². The zero-order valence-corrected chi connectivity index (χ0v) is 20.7. The highest BCUT2D eigenvalue weighted by Crippen LogP contribution is 2.21. The van der Waals surface area contributed by atoms with Gasteiger partial charge in [0, 0.05) is 31.0 Å². The maximum atomic E-state index is 13.7. The Hall–Kier alpha value is -3.11. The smallest absolute Gasteiger partial charge is 0.243 e. The molecule has 0 fully saturated rings. The summed E-state index contributed by atoms with van der Waals surface area (Å²) in [4.78, 5) is 28.7. The lowest BCUT2D eigenvalue weighted by Gasteiger charge is -2.32. The topological polar surface area (TPSA) is 49.4 Å². The van der Waals surface area contributed by atoms with Crippen LogP contribution in [-0.2, 0) is 29.0 Å². The molecule has 0 heterocycles. The fourth-order valence-corrected chi connectivity index (χ4v) is 4.21. The molecule has 0 radical (unpaired) electrons. The van der Waals surface area contributed by atoms with Crippen molar-refractivity contribution in [2.75, 3.05) is 6.54 Å². The van der Waals surface area contributed by atoms with Gasteiger partial charge < -0.3 is 10.2 Å². The summed E-state index contributed by atoms with van der Waals surface area (Å²) in [7, 11) is 0. The first-order chi connectivity index (χ1) is 16.5. The van der Waals surface area contributed by atoms with Gasteiger partial charge in [-0.3, -0.25) is 9.59 Å². The van der Waals surface area contributed by atoms with E-state index in [4.69, 9.17) is 11.6 Å². The van der Waals surface area contributed by atoms with Crippen LogP contribution in [0.25, 0.3) is 0 Å². The molecule has 4 nitrogen and oxygen atoms in total. The molecule has 178 valence electrons. The molecule has 34 heavy (non-hydrogen) atoms. The van der Waals surface area contributed by atoms with E-state index in [1.54, 1.807) is 4.90 Å². The molecule has 0 aliphatic heterocycles. The average molecular weight is 477 g/mol. The van der Waals surface area contributed by atoms with Gasteiger partial charge in [-0.1, -0.05) is 91.3 Å². The van der Waals surface area contributed by atoms with Crippen LogP contribution in [0.15, 0.2) is 78.9 Å². The second-order valence-corrected chi connectivity index (χ2v) is 8.94. The second kappa shape index (κ2) is 13.0. The molecule has 0 bridgehead atoms. The van der Waals surface area contributed by atoms with Crippen LogP contribution in [0.3, 0.4) is 0 Å². The lowest BCUT2D eigenvalue weighted by atomic mass is 10.0. The number of carbonyl (C=O) groups excluding carboxylic acids is 2. The van der Waals surface area contributed by atoms with Crippen molar-refractivity contribution in [3.05, 3.63) is 106 Å². The Morgan fingerprint density at radius 2 is 1.56 bits per heavy atom. The molecule has 0 unspecified atom stereocenters. The van der Waals surface area contributed by atoms with Gasteiger partial charge in [-0.2, -0.15) is 0 Å². The SMILES string of the molecule is CCCNC(=O)[C@@H](Cc1ccccc1)N(Cc1ccccc1C)C(=O)CCc1ccccc1Cl. The summed E-state index contributed by atoms with van der Waals surface area (Å²) in [6.07, 6.45) is 2.10. The number of carbonyl (C=O) groups is 2. The number of benzene rings is 3. The highest BCUT2D eigenvalue weighted by atomic mass is 35.5. The predicted molar refractivity (Wildman–Crippen MR) is 139 cm³/mol. The van der Waals surface area contributed by atoms with Crippen molar-refractivity contribution < 1.29 is 9.59 Å². The highest BCUT2D eigenvalue weighted by Gasteiger charge is 2.30. The molecular weight excluding hydrogens is 444 g/mol. The van der Waals surface area contributed by atoms with E-state index >= 15 is 0 Å². The summed E-state index contributed by atoms with van der Waals surface area (Å²) >= 11 is 6.33. The minimum Gasteiger partial charge on any atom is -0.354 e. The summed E-state index contributed by atoms with van der Waals surface area (Å²) in [5, 5.41) is 3.67. The summed E-state index contributed by atoms with van der Waals surface area (Å²) in [6, 6.07) is 24.9. The molecule has 0 saturated carbocycles. The van der Waals surface area contributed by atoms with Crippen LogP contribution in [-0.4, -0.2) is 29.3 Å². The van der Waals surface area contributed by atoms with Gasteiger partial charge in [0.25, 0.3) is 0 Å². The predicted octanol–water partition coefficient (Wildman–Crippen LogP) is 5.75. The Kier molecular flexibility index (Phi) is 9.72. The van der Waals surface area contributed by atoms with Crippen LogP contribution in [0.4, 0.5) is 0 Å². The number of aryl methyl sites for hydroxylation is 2. The van der Waals surface area contributed by atoms with E-state index in [0.717, 1.165) is 28.7 Å². The van der Waals surface area contributed by atoms with Crippen molar-refractivity contribution >= 4 is 23.4 Å². The molecule has 0 spiro atoms. The van der Waals surface area contributed by atoms with Crippen LogP contribution < -0.4 is 5.32 Å². The molecule has 0 aliphatic rings. The minimum absolute atomic E-state index is 0.0595. The van der Waals surface area contributed by atoms with E-state index in [-0.39, 0.29) is 18.2 Å². The fraction of sp³-hybridized carbons (Fsp3) is 0.310. The molecule has 3 rings (SSSR count).